The number of para-hydroxylation sites is 1. The summed E-state index contributed by atoms with van der Waals surface area (Å²) < 4.78 is 71.2. The molecule has 9 nitrogen and oxygen atoms in total. The summed E-state index contributed by atoms with van der Waals surface area (Å²) in [7, 11) is -7.18. The fraction of sp³-hybridized carbons (Fsp3) is 0.435. The van der Waals surface area contributed by atoms with Gasteiger partial charge in [0.2, 0.25) is 26.0 Å². The van der Waals surface area contributed by atoms with Gasteiger partial charge in [0.25, 0.3) is 0 Å². The number of halogens is 1. The van der Waals surface area contributed by atoms with Gasteiger partial charge in [-0.05, 0) is 55.7 Å². The van der Waals surface area contributed by atoms with E-state index >= 15 is 0 Å². The van der Waals surface area contributed by atoms with Crippen molar-refractivity contribution in [3.63, 3.8) is 0 Å². The lowest BCUT2D eigenvalue weighted by atomic mass is 10.2. The van der Waals surface area contributed by atoms with E-state index in [-0.39, 0.29) is 49.0 Å². The second kappa shape index (κ2) is 11.8. The lowest BCUT2D eigenvalue weighted by Gasteiger charge is -2.22. The Balaban J connectivity index is 1.40. The summed E-state index contributed by atoms with van der Waals surface area (Å²) in [5.41, 5.74) is -0.0527. The molecular weight excluding hydrogens is 497 g/mol. The van der Waals surface area contributed by atoms with Gasteiger partial charge in [-0.15, -0.1) is 0 Å². The van der Waals surface area contributed by atoms with E-state index in [0.29, 0.717) is 18.8 Å². The second-order valence-electron chi connectivity index (χ2n) is 8.17. The quantitative estimate of drug-likeness (QED) is 0.424. The van der Waals surface area contributed by atoms with Crippen molar-refractivity contribution in [1.29, 1.82) is 0 Å². The highest BCUT2D eigenvalue weighted by atomic mass is 32.2. The zero-order valence-electron chi connectivity index (χ0n) is 19.5. The Labute approximate surface area is 206 Å². The van der Waals surface area contributed by atoms with Gasteiger partial charge in [0, 0.05) is 26.1 Å². The zero-order valence-corrected chi connectivity index (χ0v) is 21.2. The summed E-state index contributed by atoms with van der Waals surface area (Å²) in [6.07, 6.45) is 3.00. The third-order valence-corrected chi connectivity index (χ3v) is 8.60. The van der Waals surface area contributed by atoms with E-state index in [1.807, 2.05) is 0 Å². The molecule has 1 aliphatic rings. The predicted molar refractivity (Wildman–Crippen MR) is 131 cm³/mol. The Morgan fingerprint density at radius 3 is 2.34 bits per heavy atom. The molecule has 1 saturated heterocycles. The third-order valence-electron chi connectivity index (χ3n) is 5.51. The second-order valence-corrected chi connectivity index (χ2v) is 12.0. The van der Waals surface area contributed by atoms with Crippen LogP contribution >= 0.6 is 0 Å². The highest BCUT2D eigenvalue weighted by molar-refractivity contribution is 7.92. The number of nitrogens with one attached hydrogen (secondary N) is 1. The summed E-state index contributed by atoms with van der Waals surface area (Å²) in [6, 6.07) is 11.7. The maximum absolute atomic E-state index is 14.0. The van der Waals surface area contributed by atoms with Gasteiger partial charge in [0.1, 0.15) is 18.2 Å². The minimum atomic E-state index is -3.71. The minimum absolute atomic E-state index is 0.0314. The lowest BCUT2D eigenvalue weighted by Crippen LogP contribution is -2.33. The predicted octanol–water partition coefficient (Wildman–Crippen LogP) is 2.35. The Morgan fingerprint density at radius 2 is 1.71 bits per heavy atom. The van der Waals surface area contributed by atoms with Crippen LogP contribution in [-0.2, 0) is 24.8 Å². The number of ether oxygens (including phenoxy) is 1. The molecule has 0 unspecified atom stereocenters. The molecule has 0 saturated carbocycles. The average Bonchev–Trinajstić information content (AvgIpc) is 3.36. The van der Waals surface area contributed by atoms with Crippen LogP contribution in [-0.4, -0.2) is 66.1 Å². The Kier molecular flexibility index (Phi) is 9.09. The van der Waals surface area contributed by atoms with Crippen molar-refractivity contribution in [2.24, 2.45) is 0 Å². The van der Waals surface area contributed by atoms with Gasteiger partial charge in [-0.1, -0.05) is 12.1 Å². The van der Waals surface area contributed by atoms with Crippen molar-refractivity contribution >= 4 is 31.6 Å². The third kappa shape index (κ3) is 7.39. The Hall–Kier alpha value is -2.70. The maximum atomic E-state index is 14.0. The molecule has 1 N–H and O–H groups in total. The smallest absolute Gasteiger partial charge is 0.243 e. The molecule has 0 radical (unpaired) electrons. The number of carbonyl (C=O) groups is 1. The number of sulfonamides is 2. The monoisotopic (exact) mass is 527 g/mol. The molecule has 35 heavy (non-hydrogen) atoms. The zero-order chi connectivity index (χ0) is 25.5. The summed E-state index contributed by atoms with van der Waals surface area (Å²) in [6.45, 7) is 1.44. The van der Waals surface area contributed by atoms with Gasteiger partial charge >= 0.3 is 0 Å². The first kappa shape index (κ1) is 26.9. The van der Waals surface area contributed by atoms with Crippen LogP contribution in [0.3, 0.4) is 0 Å². The molecule has 12 heteroatoms. The van der Waals surface area contributed by atoms with E-state index in [4.69, 9.17) is 4.74 Å². The van der Waals surface area contributed by atoms with Crippen LogP contribution in [0.4, 0.5) is 10.1 Å². The Morgan fingerprint density at radius 1 is 1.06 bits per heavy atom. The molecule has 0 spiro atoms. The van der Waals surface area contributed by atoms with E-state index in [9.17, 15) is 26.0 Å². The largest absolute Gasteiger partial charge is 0.492 e. The molecule has 0 aliphatic carbocycles. The fourth-order valence-electron chi connectivity index (χ4n) is 3.74. The first-order valence-electron chi connectivity index (χ1n) is 11.3. The molecule has 0 bridgehead atoms. The number of anilines is 1. The first-order valence-corrected chi connectivity index (χ1v) is 14.6. The summed E-state index contributed by atoms with van der Waals surface area (Å²) in [4.78, 5) is 12.3. The molecule has 192 valence electrons. The average molecular weight is 528 g/mol. The Bertz CT molecular complexity index is 1210. The van der Waals surface area contributed by atoms with Crippen molar-refractivity contribution < 1.29 is 30.8 Å². The van der Waals surface area contributed by atoms with Gasteiger partial charge in [-0.25, -0.2) is 21.2 Å². The van der Waals surface area contributed by atoms with Gasteiger partial charge < -0.3 is 10.1 Å². The fourth-order valence-corrected chi connectivity index (χ4v) is 6.22. The van der Waals surface area contributed by atoms with Gasteiger partial charge in [0.05, 0.1) is 23.4 Å². The maximum Gasteiger partial charge on any atom is 0.243 e. The molecule has 2 aromatic carbocycles. The molecule has 1 fully saturated rings. The van der Waals surface area contributed by atoms with Crippen LogP contribution in [0.15, 0.2) is 53.4 Å². The van der Waals surface area contributed by atoms with E-state index in [1.54, 1.807) is 18.2 Å². The standard InChI is InChI=1S/C23H30FN3O6S2/c1-34(29,30)27(22-8-3-2-7-21(22)24)17-6-9-23(28)25-14-18-33-19-10-12-20(13-11-19)35(31,32)26-15-4-5-16-26/h2-3,7-8,10-13H,4-6,9,14-18H2,1H3,(H,25,28). The van der Waals surface area contributed by atoms with E-state index < -0.39 is 25.9 Å². The molecular formula is C23H30FN3O6S2. The number of benzene rings is 2. The molecule has 3 rings (SSSR count). The molecule has 1 heterocycles. The van der Waals surface area contributed by atoms with Crippen LogP contribution in [0.1, 0.15) is 25.7 Å². The van der Waals surface area contributed by atoms with Crippen molar-refractivity contribution in [1.82, 2.24) is 9.62 Å². The number of carbonyl (C=O) groups excluding carboxylic acids is 1. The molecule has 1 amide bonds. The highest BCUT2D eigenvalue weighted by Crippen LogP contribution is 2.23. The van der Waals surface area contributed by atoms with Crippen molar-refractivity contribution in [2.45, 2.75) is 30.6 Å². The van der Waals surface area contributed by atoms with Crippen molar-refractivity contribution in [2.75, 3.05) is 43.3 Å². The summed E-state index contributed by atoms with van der Waals surface area (Å²) >= 11 is 0. The highest BCUT2D eigenvalue weighted by Gasteiger charge is 2.27. The van der Waals surface area contributed by atoms with E-state index in [1.165, 1.54) is 34.6 Å². The van der Waals surface area contributed by atoms with E-state index in [0.717, 1.165) is 23.4 Å². The normalized spacial score (nSPS) is 14.6. The minimum Gasteiger partial charge on any atom is -0.492 e. The van der Waals surface area contributed by atoms with Crippen molar-refractivity contribution in [3.8, 4) is 5.75 Å². The van der Waals surface area contributed by atoms with Gasteiger partial charge in [-0.3, -0.25) is 9.10 Å². The first-order chi connectivity index (χ1) is 16.6. The van der Waals surface area contributed by atoms with Crippen LogP contribution in [0, 0.1) is 5.82 Å². The molecule has 0 atom stereocenters. The topological polar surface area (TPSA) is 113 Å². The number of hydrogen-bond acceptors (Lipinski definition) is 6. The number of rotatable bonds is 12. The summed E-state index contributed by atoms with van der Waals surface area (Å²) in [5.74, 6) is -0.461. The van der Waals surface area contributed by atoms with Crippen LogP contribution in [0.25, 0.3) is 0 Å². The van der Waals surface area contributed by atoms with Gasteiger partial charge in [-0.2, -0.15) is 4.31 Å². The van der Waals surface area contributed by atoms with Crippen LogP contribution in [0.5, 0.6) is 5.75 Å². The van der Waals surface area contributed by atoms with Crippen LogP contribution in [0.2, 0.25) is 0 Å². The van der Waals surface area contributed by atoms with E-state index in [2.05, 4.69) is 5.32 Å². The molecule has 1 aliphatic heterocycles. The lowest BCUT2D eigenvalue weighted by molar-refractivity contribution is -0.121. The van der Waals surface area contributed by atoms with Crippen molar-refractivity contribution in [3.05, 3.63) is 54.3 Å². The summed E-state index contributed by atoms with van der Waals surface area (Å²) in [5, 5.41) is 2.68. The SMILES string of the molecule is CS(=O)(=O)N(CCCC(=O)NCCOc1ccc(S(=O)(=O)N2CCCC2)cc1)c1ccccc1F. The van der Waals surface area contributed by atoms with Gasteiger partial charge in [0.15, 0.2) is 0 Å². The molecule has 2 aromatic rings. The van der Waals surface area contributed by atoms with Crippen LogP contribution < -0.4 is 14.4 Å². The molecule has 0 aromatic heterocycles. The number of amides is 1. The number of nitrogens with zero attached hydrogens (tertiary/aromatic N) is 2. The number of hydrogen-bond donors (Lipinski definition) is 1.